The summed E-state index contributed by atoms with van der Waals surface area (Å²) in [6.07, 6.45) is 0.0801. The molecule has 0 N–H and O–H groups in total. The van der Waals surface area contributed by atoms with Crippen LogP contribution >= 0.6 is 0 Å². The minimum Gasteiger partial charge on any atom is -0.338 e. The Kier molecular flexibility index (Phi) is 4.29. The molecule has 1 amide bonds. The van der Waals surface area contributed by atoms with E-state index in [9.17, 15) is 18.0 Å². The molecule has 27 heavy (non-hydrogen) atoms. The van der Waals surface area contributed by atoms with E-state index in [1.54, 1.807) is 34.1 Å². The van der Waals surface area contributed by atoms with Crippen molar-refractivity contribution in [1.82, 2.24) is 24.9 Å². The number of likely N-dealkylation sites (tertiary alicyclic amines) is 1. The number of carbonyl (C=O) groups is 1. The van der Waals surface area contributed by atoms with Gasteiger partial charge in [0.05, 0.1) is 17.1 Å². The van der Waals surface area contributed by atoms with Crippen molar-refractivity contribution >= 4 is 16.9 Å². The fraction of sp³-hybridized carbons (Fsp3) is 0.333. The highest BCUT2D eigenvalue weighted by Crippen LogP contribution is 2.32. The highest BCUT2D eigenvalue weighted by Gasteiger charge is 2.32. The first-order chi connectivity index (χ1) is 12.9. The van der Waals surface area contributed by atoms with Gasteiger partial charge >= 0.3 is 6.18 Å². The second kappa shape index (κ2) is 6.64. The lowest BCUT2D eigenvalue weighted by atomic mass is 10.0. The van der Waals surface area contributed by atoms with Gasteiger partial charge in [0.2, 0.25) is 0 Å². The molecular weight excluding hydrogens is 359 g/mol. The van der Waals surface area contributed by atoms with Crippen molar-refractivity contribution in [3.8, 4) is 0 Å². The highest BCUT2D eigenvalue weighted by atomic mass is 19.4. The summed E-state index contributed by atoms with van der Waals surface area (Å²) in [5.41, 5.74) is 0.649. The second-order valence-electron chi connectivity index (χ2n) is 6.49. The lowest BCUT2D eigenvalue weighted by Crippen LogP contribution is -2.39. The van der Waals surface area contributed by atoms with Crippen molar-refractivity contribution in [2.75, 3.05) is 13.1 Å². The predicted molar refractivity (Wildman–Crippen MR) is 90.9 cm³/mol. The molecule has 140 valence electrons. The SMILES string of the molecule is O=C(c1ccncc1)N1CCC(n2nnc3cc(C(F)(F)F)ccc32)CC1. The molecule has 9 heteroatoms. The van der Waals surface area contributed by atoms with Gasteiger partial charge in [-0.15, -0.1) is 5.10 Å². The quantitative estimate of drug-likeness (QED) is 0.689. The Morgan fingerprint density at radius 2 is 1.78 bits per heavy atom. The minimum atomic E-state index is -4.41. The summed E-state index contributed by atoms with van der Waals surface area (Å²) < 4.78 is 40.2. The van der Waals surface area contributed by atoms with Gasteiger partial charge in [-0.1, -0.05) is 5.21 Å². The third kappa shape index (κ3) is 3.36. The molecule has 6 nitrogen and oxygen atoms in total. The van der Waals surface area contributed by atoms with Crippen LogP contribution in [0.25, 0.3) is 11.0 Å². The van der Waals surface area contributed by atoms with E-state index in [4.69, 9.17) is 0 Å². The van der Waals surface area contributed by atoms with Crippen LogP contribution in [0, 0.1) is 0 Å². The number of nitrogens with zero attached hydrogens (tertiary/aromatic N) is 5. The Labute approximate surface area is 152 Å². The molecule has 4 rings (SSSR count). The predicted octanol–water partition coefficient (Wildman–Crippen LogP) is 3.32. The molecular formula is C18H16F3N5O. The van der Waals surface area contributed by atoms with Crippen LogP contribution in [0.15, 0.2) is 42.7 Å². The topological polar surface area (TPSA) is 63.9 Å². The molecule has 1 aliphatic rings. The Morgan fingerprint density at radius 3 is 2.44 bits per heavy atom. The molecule has 0 unspecified atom stereocenters. The Hall–Kier alpha value is -2.97. The van der Waals surface area contributed by atoms with Crippen LogP contribution in [0.4, 0.5) is 13.2 Å². The average Bonchev–Trinajstić information content (AvgIpc) is 3.11. The van der Waals surface area contributed by atoms with E-state index < -0.39 is 11.7 Å². The molecule has 1 aliphatic heterocycles. The van der Waals surface area contributed by atoms with Gasteiger partial charge in [-0.25, -0.2) is 4.68 Å². The Morgan fingerprint density at radius 1 is 1.07 bits per heavy atom. The van der Waals surface area contributed by atoms with Crippen molar-refractivity contribution in [3.05, 3.63) is 53.9 Å². The smallest absolute Gasteiger partial charge is 0.338 e. The Balaban J connectivity index is 1.49. The number of carbonyl (C=O) groups excluding carboxylic acids is 1. The van der Waals surface area contributed by atoms with Gasteiger partial charge in [0.25, 0.3) is 5.91 Å². The molecule has 0 radical (unpaired) electrons. The molecule has 0 bridgehead atoms. The molecule has 3 aromatic rings. The van der Waals surface area contributed by atoms with Gasteiger partial charge in [0.15, 0.2) is 0 Å². The number of pyridine rings is 1. The van der Waals surface area contributed by atoms with E-state index in [-0.39, 0.29) is 17.5 Å². The molecule has 3 heterocycles. The summed E-state index contributed by atoms with van der Waals surface area (Å²) in [6.45, 7) is 1.10. The zero-order valence-corrected chi connectivity index (χ0v) is 14.2. The maximum atomic E-state index is 12.8. The second-order valence-corrected chi connectivity index (χ2v) is 6.49. The summed E-state index contributed by atoms with van der Waals surface area (Å²) in [4.78, 5) is 18.2. The van der Waals surface area contributed by atoms with E-state index in [1.807, 2.05) is 0 Å². The largest absolute Gasteiger partial charge is 0.416 e. The van der Waals surface area contributed by atoms with Crippen molar-refractivity contribution in [1.29, 1.82) is 0 Å². The van der Waals surface area contributed by atoms with Gasteiger partial charge in [-0.05, 0) is 43.2 Å². The lowest BCUT2D eigenvalue weighted by Gasteiger charge is -2.32. The zero-order chi connectivity index (χ0) is 19.0. The number of piperidine rings is 1. The molecule has 0 aliphatic carbocycles. The summed E-state index contributed by atoms with van der Waals surface area (Å²) in [5, 5.41) is 7.95. The summed E-state index contributed by atoms with van der Waals surface area (Å²) in [6, 6.07) is 6.82. The van der Waals surface area contributed by atoms with Crippen molar-refractivity contribution in [2.45, 2.75) is 25.1 Å². The fourth-order valence-corrected chi connectivity index (χ4v) is 3.38. The molecule has 1 saturated heterocycles. The number of alkyl halides is 3. The highest BCUT2D eigenvalue weighted by molar-refractivity contribution is 5.94. The van der Waals surface area contributed by atoms with Crippen LogP contribution in [0.2, 0.25) is 0 Å². The van der Waals surface area contributed by atoms with Crippen molar-refractivity contribution in [2.24, 2.45) is 0 Å². The van der Waals surface area contributed by atoms with Crippen LogP contribution in [-0.4, -0.2) is 43.9 Å². The van der Waals surface area contributed by atoms with E-state index in [2.05, 4.69) is 15.3 Å². The van der Waals surface area contributed by atoms with Crippen LogP contribution in [0.3, 0.4) is 0 Å². The number of aromatic nitrogens is 4. The third-order valence-corrected chi connectivity index (χ3v) is 4.82. The van der Waals surface area contributed by atoms with Crippen molar-refractivity contribution < 1.29 is 18.0 Å². The number of hydrogen-bond donors (Lipinski definition) is 0. The first-order valence-electron chi connectivity index (χ1n) is 8.55. The van der Waals surface area contributed by atoms with Crippen molar-refractivity contribution in [3.63, 3.8) is 0 Å². The molecule has 1 fully saturated rings. The normalized spacial score (nSPS) is 16.0. The number of fused-ring (bicyclic) bond motifs is 1. The van der Waals surface area contributed by atoms with Crippen LogP contribution in [0.1, 0.15) is 34.8 Å². The number of hydrogen-bond acceptors (Lipinski definition) is 4. The number of amides is 1. The summed E-state index contributed by atoms with van der Waals surface area (Å²) in [7, 11) is 0. The van der Waals surface area contributed by atoms with E-state index >= 15 is 0 Å². The zero-order valence-electron chi connectivity index (χ0n) is 14.2. The van der Waals surface area contributed by atoms with Crippen LogP contribution in [-0.2, 0) is 6.18 Å². The molecule has 2 aromatic heterocycles. The third-order valence-electron chi connectivity index (χ3n) is 4.82. The summed E-state index contributed by atoms with van der Waals surface area (Å²) >= 11 is 0. The minimum absolute atomic E-state index is 0.00627. The van der Waals surface area contributed by atoms with Gasteiger partial charge in [0.1, 0.15) is 5.52 Å². The lowest BCUT2D eigenvalue weighted by molar-refractivity contribution is -0.137. The monoisotopic (exact) mass is 375 g/mol. The standard InChI is InChI=1S/C18H16F3N5O/c19-18(20,21)13-1-2-16-15(11-13)23-24-26(16)14-5-9-25(10-6-14)17(27)12-3-7-22-8-4-12/h1-4,7-8,11,14H,5-6,9-10H2. The number of benzene rings is 1. The maximum Gasteiger partial charge on any atom is 0.416 e. The van der Waals surface area contributed by atoms with E-state index in [0.29, 0.717) is 37.0 Å². The van der Waals surface area contributed by atoms with Gasteiger partial charge in [-0.2, -0.15) is 13.2 Å². The molecule has 0 atom stereocenters. The number of rotatable bonds is 2. The summed E-state index contributed by atoms with van der Waals surface area (Å²) in [5.74, 6) is -0.0471. The van der Waals surface area contributed by atoms with Gasteiger partial charge in [-0.3, -0.25) is 9.78 Å². The first-order valence-corrected chi connectivity index (χ1v) is 8.55. The molecule has 1 aromatic carbocycles. The Bertz CT molecular complexity index is 962. The van der Waals surface area contributed by atoms with Gasteiger partial charge in [0, 0.05) is 31.0 Å². The average molecular weight is 375 g/mol. The van der Waals surface area contributed by atoms with E-state index in [0.717, 1.165) is 12.1 Å². The molecule has 0 saturated carbocycles. The first kappa shape index (κ1) is 17.4. The van der Waals surface area contributed by atoms with Crippen LogP contribution in [0.5, 0.6) is 0 Å². The van der Waals surface area contributed by atoms with E-state index in [1.165, 1.54) is 6.07 Å². The van der Waals surface area contributed by atoms with Gasteiger partial charge < -0.3 is 4.90 Å². The molecule has 0 spiro atoms. The maximum absolute atomic E-state index is 12.8. The fourth-order valence-electron chi connectivity index (χ4n) is 3.38. The number of halogens is 3. The van der Waals surface area contributed by atoms with Crippen LogP contribution < -0.4 is 0 Å².